The molecule has 76 heavy (non-hydrogen) atoms. The summed E-state index contributed by atoms with van der Waals surface area (Å²) in [6, 6.07) is 0. The summed E-state index contributed by atoms with van der Waals surface area (Å²) in [5.41, 5.74) is 0. The highest BCUT2D eigenvalue weighted by Crippen LogP contribution is 2.14. The van der Waals surface area contributed by atoms with E-state index >= 15 is 0 Å². The maximum atomic E-state index is 12.8. The van der Waals surface area contributed by atoms with Crippen LogP contribution in [0, 0.1) is 0 Å². The number of rotatable bonds is 53. The van der Waals surface area contributed by atoms with Gasteiger partial charge < -0.3 is 14.2 Å². The third-order valence-electron chi connectivity index (χ3n) is 12.3. The Bertz CT molecular complexity index is 1720. The van der Waals surface area contributed by atoms with Gasteiger partial charge in [-0.1, -0.05) is 262 Å². The molecule has 426 valence electrons. The normalized spacial score (nSPS) is 13.2. The van der Waals surface area contributed by atoms with Crippen molar-refractivity contribution in [2.24, 2.45) is 0 Å². The van der Waals surface area contributed by atoms with Crippen LogP contribution in [-0.2, 0) is 28.6 Å². The lowest BCUT2D eigenvalue weighted by atomic mass is 10.1. The molecule has 0 aliphatic rings. The molecular formula is C70H110O6. The van der Waals surface area contributed by atoms with Crippen molar-refractivity contribution in [2.75, 3.05) is 13.2 Å². The van der Waals surface area contributed by atoms with Gasteiger partial charge in [-0.2, -0.15) is 0 Å². The van der Waals surface area contributed by atoms with Gasteiger partial charge in [-0.3, -0.25) is 14.4 Å². The molecule has 0 N–H and O–H groups in total. The lowest BCUT2D eigenvalue weighted by Crippen LogP contribution is -2.30. The molecular weight excluding hydrogens is 937 g/mol. The Balaban J connectivity index is 4.36. The summed E-state index contributed by atoms with van der Waals surface area (Å²) in [7, 11) is 0. The lowest BCUT2D eigenvalue weighted by molar-refractivity contribution is -0.167. The third-order valence-corrected chi connectivity index (χ3v) is 12.3. The molecule has 0 saturated heterocycles. The van der Waals surface area contributed by atoms with Crippen LogP contribution < -0.4 is 0 Å². The van der Waals surface area contributed by atoms with E-state index in [2.05, 4.69) is 179 Å². The summed E-state index contributed by atoms with van der Waals surface area (Å²) in [5.74, 6) is -0.992. The zero-order chi connectivity index (χ0) is 55.0. The number of carbonyl (C=O) groups is 3. The first kappa shape index (κ1) is 71.0. The molecule has 0 aliphatic heterocycles. The smallest absolute Gasteiger partial charge is 0.306 e. The Morgan fingerprint density at radius 3 is 0.842 bits per heavy atom. The molecule has 0 fully saturated rings. The molecule has 0 aromatic heterocycles. The highest BCUT2D eigenvalue weighted by Gasteiger charge is 2.19. The van der Waals surface area contributed by atoms with Gasteiger partial charge in [0, 0.05) is 19.3 Å². The zero-order valence-corrected chi connectivity index (χ0v) is 48.7. The summed E-state index contributed by atoms with van der Waals surface area (Å²) >= 11 is 0. The van der Waals surface area contributed by atoms with Gasteiger partial charge in [0.05, 0.1) is 0 Å². The maximum absolute atomic E-state index is 12.8. The van der Waals surface area contributed by atoms with Crippen molar-refractivity contribution in [3.05, 3.63) is 158 Å². The highest BCUT2D eigenvalue weighted by molar-refractivity contribution is 5.71. The highest BCUT2D eigenvalue weighted by atomic mass is 16.6. The quantitative estimate of drug-likeness (QED) is 0.0261. The van der Waals surface area contributed by atoms with Crippen LogP contribution in [0.5, 0.6) is 0 Å². The second-order valence-corrected chi connectivity index (χ2v) is 19.5. The number of allylic oxidation sites excluding steroid dienone is 26. The van der Waals surface area contributed by atoms with E-state index < -0.39 is 6.10 Å². The van der Waals surface area contributed by atoms with Gasteiger partial charge >= 0.3 is 17.9 Å². The summed E-state index contributed by atoms with van der Waals surface area (Å²) < 4.78 is 16.8. The largest absolute Gasteiger partial charge is 0.462 e. The second kappa shape index (κ2) is 62.6. The van der Waals surface area contributed by atoms with Crippen molar-refractivity contribution in [3.8, 4) is 0 Å². The van der Waals surface area contributed by atoms with Crippen LogP contribution >= 0.6 is 0 Å². The molecule has 0 rings (SSSR count). The molecule has 0 aromatic carbocycles. The summed E-state index contributed by atoms with van der Waals surface area (Å²) in [6.07, 6.45) is 91.1. The second-order valence-electron chi connectivity index (χ2n) is 19.5. The Hall–Kier alpha value is -4.97. The van der Waals surface area contributed by atoms with E-state index in [1.165, 1.54) is 57.8 Å². The molecule has 0 amide bonds. The Morgan fingerprint density at radius 1 is 0.276 bits per heavy atom. The van der Waals surface area contributed by atoms with E-state index in [0.29, 0.717) is 19.3 Å². The van der Waals surface area contributed by atoms with Crippen molar-refractivity contribution in [1.29, 1.82) is 0 Å². The van der Waals surface area contributed by atoms with Gasteiger partial charge in [0.1, 0.15) is 13.2 Å². The van der Waals surface area contributed by atoms with Crippen molar-refractivity contribution in [2.45, 2.75) is 252 Å². The molecule has 6 nitrogen and oxygen atoms in total. The average molecular weight is 1050 g/mol. The predicted octanol–water partition coefficient (Wildman–Crippen LogP) is 20.9. The Morgan fingerprint density at radius 2 is 0.526 bits per heavy atom. The van der Waals surface area contributed by atoms with Crippen LogP contribution in [-0.4, -0.2) is 37.2 Å². The molecule has 1 atom stereocenters. The first-order valence-electron chi connectivity index (χ1n) is 30.5. The van der Waals surface area contributed by atoms with Crippen LogP contribution in [0.4, 0.5) is 0 Å². The molecule has 0 bridgehead atoms. The van der Waals surface area contributed by atoms with E-state index in [4.69, 9.17) is 14.2 Å². The van der Waals surface area contributed by atoms with Crippen LogP contribution in [0.15, 0.2) is 158 Å². The van der Waals surface area contributed by atoms with Gasteiger partial charge in [0.2, 0.25) is 0 Å². The predicted molar refractivity (Wildman–Crippen MR) is 329 cm³/mol. The fourth-order valence-corrected chi connectivity index (χ4v) is 7.79. The van der Waals surface area contributed by atoms with Crippen LogP contribution in [0.25, 0.3) is 0 Å². The van der Waals surface area contributed by atoms with E-state index in [1.54, 1.807) is 0 Å². The minimum atomic E-state index is -0.819. The fraction of sp³-hybridized carbons (Fsp3) is 0.586. The molecule has 0 aliphatic carbocycles. The Labute approximate surface area is 467 Å². The first-order chi connectivity index (χ1) is 37.5. The number of hydrogen-bond donors (Lipinski definition) is 0. The van der Waals surface area contributed by atoms with Crippen LogP contribution in [0.3, 0.4) is 0 Å². The standard InChI is InChI=1S/C70H110O6/c1-4-7-10-13-16-19-22-24-26-28-29-30-31-32-33-34-35-36-37-38-39-40-41-43-44-46-48-51-54-57-60-63-69(72)75-66-67(65-74-68(71)62-59-56-53-50-21-18-15-12-9-6-3)76-70(73)64-61-58-55-52-49-47-45-42-27-25-23-20-17-14-11-8-5-2/h7-8,10-11,16-17,19-20,24-27,29-30,32-33,35-36,38-39,41,43,45,47,52,55,67H,4-6,9,12-15,18,21-23,28,31,34,37,40,42,44,46,48-51,53-54,56-66H2,1-3H3/b10-7-,11-8-,19-16-,20-17-,26-24-,27-25-,30-29-,33-32-,36-35-,39-38-,43-41-,47-45-,55-52-. The SMILES string of the molecule is CC/C=C\C/C=C\C/C=C\C/C=C\C/C=C\C/C=C\C/C=C\C/C=C\CCCCCCCCC(=O)OCC(COC(=O)CCCCCCCCCCCC)OC(=O)CCC/C=C\C/C=C\C/C=C\C/C=C\C/C=C\CC. The average Bonchev–Trinajstić information content (AvgIpc) is 3.42. The third kappa shape index (κ3) is 59.9. The number of esters is 3. The van der Waals surface area contributed by atoms with Crippen molar-refractivity contribution in [1.82, 2.24) is 0 Å². The minimum Gasteiger partial charge on any atom is -0.462 e. The number of hydrogen-bond acceptors (Lipinski definition) is 6. The molecule has 0 spiro atoms. The van der Waals surface area contributed by atoms with E-state index in [9.17, 15) is 14.4 Å². The molecule has 0 radical (unpaired) electrons. The lowest BCUT2D eigenvalue weighted by Gasteiger charge is -2.18. The molecule has 0 aromatic rings. The molecule has 0 saturated carbocycles. The van der Waals surface area contributed by atoms with Crippen molar-refractivity contribution in [3.63, 3.8) is 0 Å². The van der Waals surface area contributed by atoms with Crippen LogP contribution in [0.1, 0.15) is 245 Å². The van der Waals surface area contributed by atoms with Gasteiger partial charge in [0.15, 0.2) is 6.10 Å². The fourth-order valence-electron chi connectivity index (χ4n) is 7.79. The summed E-state index contributed by atoms with van der Waals surface area (Å²) in [4.78, 5) is 38.1. The zero-order valence-electron chi connectivity index (χ0n) is 48.7. The molecule has 6 heteroatoms. The number of ether oxygens (including phenoxy) is 3. The maximum Gasteiger partial charge on any atom is 0.306 e. The number of carbonyl (C=O) groups excluding carboxylic acids is 3. The van der Waals surface area contributed by atoms with Gasteiger partial charge in [-0.25, -0.2) is 0 Å². The minimum absolute atomic E-state index is 0.110. The topological polar surface area (TPSA) is 78.9 Å². The summed E-state index contributed by atoms with van der Waals surface area (Å²) in [5, 5.41) is 0. The summed E-state index contributed by atoms with van der Waals surface area (Å²) in [6.45, 7) is 6.33. The first-order valence-corrected chi connectivity index (χ1v) is 30.5. The van der Waals surface area contributed by atoms with Crippen LogP contribution in [0.2, 0.25) is 0 Å². The van der Waals surface area contributed by atoms with Crippen molar-refractivity contribution < 1.29 is 28.6 Å². The van der Waals surface area contributed by atoms with Gasteiger partial charge in [-0.05, 0) is 122 Å². The molecule has 0 heterocycles. The van der Waals surface area contributed by atoms with Crippen molar-refractivity contribution >= 4 is 17.9 Å². The van der Waals surface area contributed by atoms with E-state index in [0.717, 1.165) is 141 Å². The monoisotopic (exact) mass is 1050 g/mol. The number of unbranched alkanes of at least 4 members (excludes halogenated alkanes) is 16. The van der Waals surface area contributed by atoms with Gasteiger partial charge in [0.25, 0.3) is 0 Å². The molecule has 1 unspecified atom stereocenters. The van der Waals surface area contributed by atoms with E-state index in [-0.39, 0.29) is 37.5 Å². The Kier molecular flexibility index (Phi) is 58.5. The van der Waals surface area contributed by atoms with Gasteiger partial charge in [-0.15, -0.1) is 0 Å². The van der Waals surface area contributed by atoms with E-state index in [1.807, 2.05) is 0 Å².